The SMILES string of the molecule is CCOC(=O)c1ccc(NC(=O)CN(c2ccc(Cl)c(Cl)c2)S(=O)(=O)c2ccccc2)c(C)c1. The lowest BCUT2D eigenvalue weighted by atomic mass is 10.1. The number of carbonyl (C=O) groups excluding carboxylic acids is 2. The second kappa shape index (κ2) is 10.9. The maximum atomic E-state index is 13.4. The Kier molecular flexibility index (Phi) is 8.19. The molecule has 0 aromatic heterocycles. The minimum Gasteiger partial charge on any atom is -0.462 e. The summed E-state index contributed by atoms with van der Waals surface area (Å²) in [4.78, 5) is 24.9. The van der Waals surface area contributed by atoms with Gasteiger partial charge in [0.05, 0.1) is 32.8 Å². The second-order valence-corrected chi connectivity index (χ2v) is 9.90. The number of hydrogen-bond acceptors (Lipinski definition) is 5. The third-order valence-corrected chi connectivity index (χ3v) is 7.35. The quantitative estimate of drug-likeness (QED) is 0.406. The Hall–Kier alpha value is -3.07. The fourth-order valence-corrected chi connectivity index (χ4v) is 4.87. The molecule has 0 fully saturated rings. The van der Waals surface area contributed by atoms with Crippen molar-refractivity contribution in [1.29, 1.82) is 0 Å². The van der Waals surface area contributed by atoms with E-state index >= 15 is 0 Å². The van der Waals surface area contributed by atoms with Gasteiger partial charge >= 0.3 is 5.97 Å². The van der Waals surface area contributed by atoms with Crippen molar-refractivity contribution in [2.24, 2.45) is 0 Å². The Morgan fingerprint density at radius 3 is 2.29 bits per heavy atom. The van der Waals surface area contributed by atoms with Gasteiger partial charge in [-0.25, -0.2) is 13.2 Å². The summed E-state index contributed by atoms with van der Waals surface area (Å²) in [6, 6.07) is 16.8. The molecule has 3 aromatic rings. The zero-order valence-electron chi connectivity index (χ0n) is 18.4. The minimum atomic E-state index is -4.10. The number of ether oxygens (including phenoxy) is 1. The highest BCUT2D eigenvalue weighted by atomic mass is 35.5. The van der Waals surface area contributed by atoms with E-state index in [2.05, 4.69) is 5.32 Å². The molecule has 34 heavy (non-hydrogen) atoms. The summed E-state index contributed by atoms with van der Waals surface area (Å²) in [5.41, 5.74) is 1.58. The van der Waals surface area contributed by atoms with Gasteiger partial charge in [0.15, 0.2) is 0 Å². The summed E-state index contributed by atoms with van der Waals surface area (Å²) in [5, 5.41) is 3.11. The molecule has 0 radical (unpaired) electrons. The van der Waals surface area contributed by atoms with E-state index in [1.54, 1.807) is 44.2 Å². The normalized spacial score (nSPS) is 11.1. The molecule has 1 amide bonds. The fourth-order valence-electron chi connectivity index (χ4n) is 3.14. The van der Waals surface area contributed by atoms with Gasteiger partial charge in [0.2, 0.25) is 5.91 Å². The number of hydrogen-bond donors (Lipinski definition) is 1. The number of sulfonamides is 1. The van der Waals surface area contributed by atoms with Crippen molar-refractivity contribution < 1.29 is 22.7 Å². The molecule has 10 heteroatoms. The number of amides is 1. The van der Waals surface area contributed by atoms with Gasteiger partial charge in [0.25, 0.3) is 10.0 Å². The number of rotatable bonds is 8. The lowest BCUT2D eigenvalue weighted by molar-refractivity contribution is -0.114. The smallest absolute Gasteiger partial charge is 0.338 e. The van der Waals surface area contributed by atoms with E-state index in [4.69, 9.17) is 27.9 Å². The Morgan fingerprint density at radius 1 is 0.971 bits per heavy atom. The molecule has 0 spiro atoms. The summed E-state index contributed by atoms with van der Waals surface area (Å²) in [7, 11) is -4.10. The Labute approximate surface area is 208 Å². The van der Waals surface area contributed by atoms with Crippen molar-refractivity contribution in [3.8, 4) is 0 Å². The van der Waals surface area contributed by atoms with Crippen LogP contribution in [0.4, 0.5) is 11.4 Å². The minimum absolute atomic E-state index is 0.0174. The van der Waals surface area contributed by atoms with Gasteiger partial charge in [-0.05, 0) is 67.9 Å². The van der Waals surface area contributed by atoms with Gasteiger partial charge in [0.1, 0.15) is 6.54 Å². The number of anilines is 2. The van der Waals surface area contributed by atoms with Crippen molar-refractivity contribution in [3.05, 3.63) is 87.9 Å². The molecule has 178 valence electrons. The molecule has 0 aliphatic carbocycles. The fraction of sp³-hybridized carbons (Fsp3) is 0.167. The average molecular weight is 521 g/mol. The first-order valence-corrected chi connectivity index (χ1v) is 12.4. The molecule has 0 atom stereocenters. The monoisotopic (exact) mass is 520 g/mol. The molecule has 0 bridgehead atoms. The Bertz CT molecular complexity index is 1310. The van der Waals surface area contributed by atoms with Gasteiger partial charge in [-0.2, -0.15) is 0 Å². The van der Waals surface area contributed by atoms with E-state index in [0.717, 1.165) is 4.31 Å². The van der Waals surface area contributed by atoms with Gasteiger partial charge in [-0.3, -0.25) is 9.10 Å². The lowest BCUT2D eigenvalue weighted by Gasteiger charge is -2.24. The summed E-state index contributed by atoms with van der Waals surface area (Å²) in [6.07, 6.45) is 0. The van der Waals surface area contributed by atoms with Crippen molar-refractivity contribution >= 4 is 56.5 Å². The van der Waals surface area contributed by atoms with Crippen LogP contribution in [0.5, 0.6) is 0 Å². The van der Waals surface area contributed by atoms with Crippen LogP contribution in [0, 0.1) is 6.92 Å². The van der Waals surface area contributed by atoms with E-state index in [1.165, 1.54) is 36.4 Å². The number of esters is 1. The molecule has 3 aromatic carbocycles. The summed E-state index contributed by atoms with van der Waals surface area (Å²) < 4.78 is 32.7. The zero-order chi connectivity index (χ0) is 24.9. The van der Waals surface area contributed by atoms with Crippen LogP contribution in [0.1, 0.15) is 22.8 Å². The maximum absolute atomic E-state index is 13.4. The van der Waals surface area contributed by atoms with Gasteiger partial charge < -0.3 is 10.1 Å². The topological polar surface area (TPSA) is 92.8 Å². The predicted octanol–water partition coefficient (Wildman–Crippen LogP) is 5.31. The van der Waals surface area contributed by atoms with Crippen LogP contribution in [0.15, 0.2) is 71.6 Å². The Morgan fingerprint density at radius 2 is 1.68 bits per heavy atom. The first kappa shape index (κ1) is 25.6. The van der Waals surface area contributed by atoms with Crippen LogP contribution in [0.3, 0.4) is 0 Å². The Balaban J connectivity index is 1.90. The van der Waals surface area contributed by atoms with E-state index in [-0.39, 0.29) is 27.2 Å². The largest absolute Gasteiger partial charge is 0.462 e. The summed E-state index contributed by atoms with van der Waals surface area (Å²) in [5.74, 6) is -1.05. The number of benzene rings is 3. The third kappa shape index (κ3) is 5.88. The van der Waals surface area contributed by atoms with Crippen molar-refractivity contribution in [1.82, 2.24) is 0 Å². The number of carbonyl (C=O) groups is 2. The van der Waals surface area contributed by atoms with Crippen LogP contribution >= 0.6 is 23.2 Å². The molecule has 7 nitrogen and oxygen atoms in total. The van der Waals surface area contributed by atoms with E-state index < -0.39 is 28.4 Å². The van der Waals surface area contributed by atoms with E-state index in [9.17, 15) is 18.0 Å². The second-order valence-electron chi connectivity index (χ2n) is 7.22. The van der Waals surface area contributed by atoms with E-state index in [1.807, 2.05) is 0 Å². The molecule has 0 saturated carbocycles. The molecule has 0 aliphatic heterocycles. The average Bonchev–Trinajstić information content (AvgIpc) is 2.81. The molecule has 1 N–H and O–H groups in total. The highest BCUT2D eigenvalue weighted by molar-refractivity contribution is 7.92. The van der Waals surface area contributed by atoms with Crippen molar-refractivity contribution in [3.63, 3.8) is 0 Å². The maximum Gasteiger partial charge on any atom is 0.338 e. The summed E-state index contributed by atoms with van der Waals surface area (Å²) in [6.45, 7) is 3.16. The molecular weight excluding hydrogens is 499 g/mol. The number of nitrogens with one attached hydrogen (secondary N) is 1. The standard InChI is InChI=1S/C24H22Cl2N2O5S/c1-3-33-24(30)17-9-12-22(16(2)13-17)27-23(29)15-28(18-10-11-20(25)21(26)14-18)34(31,32)19-7-5-4-6-8-19/h4-14H,3,15H2,1-2H3,(H,27,29). The number of nitrogens with zero attached hydrogens (tertiary/aromatic N) is 1. The highest BCUT2D eigenvalue weighted by Gasteiger charge is 2.28. The van der Waals surface area contributed by atoms with E-state index in [0.29, 0.717) is 16.8 Å². The van der Waals surface area contributed by atoms with Crippen LogP contribution in [-0.4, -0.2) is 33.4 Å². The van der Waals surface area contributed by atoms with Gasteiger partial charge in [-0.1, -0.05) is 41.4 Å². The molecule has 0 saturated heterocycles. The summed E-state index contributed by atoms with van der Waals surface area (Å²) >= 11 is 12.1. The zero-order valence-corrected chi connectivity index (χ0v) is 20.7. The molecule has 0 aliphatic rings. The molecule has 0 heterocycles. The predicted molar refractivity (Wildman–Crippen MR) is 133 cm³/mol. The highest BCUT2D eigenvalue weighted by Crippen LogP contribution is 2.30. The molecular formula is C24H22Cl2N2O5S. The number of aryl methyl sites for hydroxylation is 1. The molecule has 3 rings (SSSR count). The van der Waals surface area contributed by atoms with Crippen molar-refractivity contribution in [2.75, 3.05) is 22.8 Å². The first-order chi connectivity index (χ1) is 16.1. The number of halogens is 2. The van der Waals surface area contributed by atoms with Gasteiger partial charge in [-0.15, -0.1) is 0 Å². The van der Waals surface area contributed by atoms with Crippen LogP contribution < -0.4 is 9.62 Å². The van der Waals surface area contributed by atoms with Gasteiger partial charge in [0, 0.05) is 5.69 Å². The molecule has 0 unspecified atom stereocenters. The van der Waals surface area contributed by atoms with Crippen LogP contribution in [0.25, 0.3) is 0 Å². The van der Waals surface area contributed by atoms with Crippen LogP contribution in [0.2, 0.25) is 10.0 Å². The third-order valence-electron chi connectivity index (χ3n) is 4.82. The van der Waals surface area contributed by atoms with Crippen LogP contribution in [-0.2, 0) is 19.6 Å². The lowest BCUT2D eigenvalue weighted by Crippen LogP contribution is -2.38. The van der Waals surface area contributed by atoms with Crippen molar-refractivity contribution in [2.45, 2.75) is 18.7 Å². The first-order valence-electron chi connectivity index (χ1n) is 10.2.